The van der Waals surface area contributed by atoms with Crippen LogP contribution in [0.5, 0.6) is 0 Å². The van der Waals surface area contributed by atoms with Crippen molar-refractivity contribution in [3.05, 3.63) is 46.5 Å². The van der Waals surface area contributed by atoms with Crippen LogP contribution in [0, 0.1) is 0 Å². The van der Waals surface area contributed by atoms with E-state index in [9.17, 15) is 14.4 Å². The van der Waals surface area contributed by atoms with Gasteiger partial charge in [-0.1, -0.05) is 18.9 Å². The molecule has 8 nitrogen and oxygen atoms in total. The standard InChI is InChI=1S/C21H27N3O5S/c1-28-12-10-24(18(25)14-22-20(26)16-8-4-11-29-16)19(17-9-5-13-30-17)21(27)23-15-6-2-3-7-15/h4-5,8-9,11,13,15,19H,2-3,6-7,10,12,14H2,1H3,(H,22,26)(H,23,27)/t19-/m1/s1. The van der Waals surface area contributed by atoms with Crippen molar-refractivity contribution in [1.82, 2.24) is 15.5 Å². The largest absolute Gasteiger partial charge is 0.459 e. The first-order chi connectivity index (χ1) is 14.6. The van der Waals surface area contributed by atoms with Crippen LogP contribution in [0.15, 0.2) is 40.3 Å². The van der Waals surface area contributed by atoms with Crippen molar-refractivity contribution in [1.29, 1.82) is 0 Å². The number of furan rings is 1. The van der Waals surface area contributed by atoms with Crippen LogP contribution < -0.4 is 10.6 Å². The number of methoxy groups -OCH3 is 1. The molecule has 3 amide bonds. The van der Waals surface area contributed by atoms with E-state index in [1.165, 1.54) is 28.6 Å². The highest BCUT2D eigenvalue weighted by atomic mass is 32.1. The van der Waals surface area contributed by atoms with Crippen LogP contribution in [-0.4, -0.2) is 55.5 Å². The van der Waals surface area contributed by atoms with Crippen LogP contribution in [0.2, 0.25) is 0 Å². The molecule has 1 aliphatic rings. The summed E-state index contributed by atoms with van der Waals surface area (Å²) in [6.07, 6.45) is 5.49. The fraction of sp³-hybridized carbons (Fsp3) is 0.476. The van der Waals surface area contributed by atoms with Crippen LogP contribution in [0.3, 0.4) is 0 Å². The highest BCUT2D eigenvalue weighted by Crippen LogP contribution is 2.27. The van der Waals surface area contributed by atoms with Crippen molar-refractivity contribution in [2.75, 3.05) is 26.8 Å². The van der Waals surface area contributed by atoms with Gasteiger partial charge in [0, 0.05) is 24.6 Å². The van der Waals surface area contributed by atoms with E-state index < -0.39 is 11.9 Å². The first kappa shape index (κ1) is 22.0. The van der Waals surface area contributed by atoms with Gasteiger partial charge in [-0.25, -0.2) is 0 Å². The Morgan fingerprint density at radius 2 is 2.07 bits per heavy atom. The number of rotatable bonds is 10. The highest BCUT2D eigenvalue weighted by Gasteiger charge is 2.33. The second kappa shape index (κ2) is 10.9. The van der Waals surface area contributed by atoms with Crippen molar-refractivity contribution in [3.63, 3.8) is 0 Å². The molecule has 2 heterocycles. The lowest BCUT2D eigenvalue weighted by molar-refractivity contribution is -0.141. The maximum atomic E-state index is 13.2. The molecule has 2 aromatic heterocycles. The van der Waals surface area contributed by atoms with Gasteiger partial charge in [-0.05, 0) is 36.4 Å². The number of thiophene rings is 1. The molecule has 0 aliphatic heterocycles. The van der Waals surface area contributed by atoms with Gasteiger partial charge in [-0.3, -0.25) is 14.4 Å². The summed E-state index contributed by atoms with van der Waals surface area (Å²) in [5, 5.41) is 7.54. The Balaban J connectivity index is 1.74. The lowest BCUT2D eigenvalue weighted by atomic mass is 10.1. The van der Waals surface area contributed by atoms with Gasteiger partial charge in [0.2, 0.25) is 11.8 Å². The molecule has 0 bridgehead atoms. The molecule has 3 rings (SSSR count). The van der Waals surface area contributed by atoms with E-state index in [0.29, 0.717) is 0 Å². The zero-order valence-corrected chi connectivity index (χ0v) is 17.8. The first-order valence-corrected chi connectivity index (χ1v) is 10.9. The van der Waals surface area contributed by atoms with Crippen LogP contribution in [0.4, 0.5) is 0 Å². The SMILES string of the molecule is COCCN(C(=O)CNC(=O)c1ccco1)[C@@H](C(=O)NC1CCCC1)c1cccs1. The molecule has 0 unspecified atom stereocenters. The number of hydrogen-bond acceptors (Lipinski definition) is 6. The van der Waals surface area contributed by atoms with Crippen molar-refractivity contribution in [2.24, 2.45) is 0 Å². The van der Waals surface area contributed by atoms with Crippen molar-refractivity contribution < 1.29 is 23.5 Å². The predicted molar refractivity (Wildman–Crippen MR) is 112 cm³/mol. The Labute approximate surface area is 179 Å². The molecule has 2 aromatic rings. The van der Waals surface area contributed by atoms with Gasteiger partial charge in [-0.2, -0.15) is 0 Å². The fourth-order valence-electron chi connectivity index (χ4n) is 3.56. The van der Waals surface area contributed by atoms with E-state index in [4.69, 9.17) is 9.15 Å². The summed E-state index contributed by atoms with van der Waals surface area (Å²) in [4.78, 5) is 40.6. The van der Waals surface area contributed by atoms with Crippen LogP contribution >= 0.6 is 11.3 Å². The molecule has 0 aromatic carbocycles. The molecule has 2 N–H and O–H groups in total. The Morgan fingerprint density at radius 3 is 2.70 bits per heavy atom. The first-order valence-electron chi connectivity index (χ1n) is 10.0. The van der Waals surface area contributed by atoms with E-state index in [2.05, 4.69) is 10.6 Å². The second-order valence-corrected chi connectivity index (χ2v) is 8.13. The number of nitrogens with one attached hydrogen (secondary N) is 2. The molecule has 9 heteroatoms. The zero-order valence-electron chi connectivity index (χ0n) is 17.0. The highest BCUT2D eigenvalue weighted by molar-refractivity contribution is 7.10. The van der Waals surface area contributed by atoms with Crippen LogP contribution in [0.1, 0.15) is 47.2 Å². The number of ether oxygens (including phenoxy) is 1. The Bertz CT molecular complexity index is 816. The summed E-state index contributed by atoms with van der Waals surface area (Å²) >= 11 is 1.42. The Kier molecular flexibility index (Phi) is 8.04. The van der Waals surface area contributed by atoms with Gasteiger partial charge in [0.15, 0.2) is 5.76 Å². The molecular weight excluding hydrogens is 406 g/mol. The molecule has 0 radical (unpaired) electrons. The third kappa shape index (κ3) is 5.70. The monoisotopic (exact) mass is 433 g/mol. The third-order valence-corrected chi connectivity index (χ3v) is 6.00. The molecule has 1 atom stereocenters. The zero-order chi connectivity index (χ0) is 21.3. The molecule has 1 saturated carbocycles. The minimum absolute atomic E-state index is 0.125. The summed E-state index contributed by atoms with van der Waals surface area (Å²) < 4.78 is 10.2. The average molecular weight is 434 g/mol. The number of carbonyl (C=O) groups is 3. The number of amides is 3. The van der Waals surface area contributed by atoms with Gasteiger partial charge in [0.1, 0.15) is 6.04 Å². The Hall–Kier alpha value is -2.65. The number of nitrogens with zero attached hydrogens (tertiary/aromatic N) is 1. The van der Waals surface area contributed by atoms with E-state index in [1.54, 1.807) is 13.2 Å². The van der Waals surface area contributed by atoms with E-state index in [-0.39, 0.29) is 43.3 Å². The van der Waals surface area contributed by atoms with Crippen molar-refractivity contribution >= 4 is 29.1 Å². The van der Waals surface area contributed by atoms with Crippen molar-refractivity contribution in [2.45, 2.75) is 37.8 Å². The van der Waals surface area contributed by atoms with E-state index in [1.807, 2.05) is 17.5 Å². The van der Waals surface area contributed by atoms with Gasteiger partial charge in [0.25, 0.3) is 5.91 Å². The number of hydrogen-bond donors (Lipinski definition) is 2. The summed E-state index contributed by atoms with van der Waals surface area (Å²) in [5.74, 6) is -0.929. The molecule has 30 heavy (non-hydrogen) atoms. The second-order valence-electron chi connectivity index (χ2n) is 7.15. The van der Waals surface area contributed by atoms with E-state index in [0.717, 1.165) is 30.6 Å². The summed E-state index contributed by atoms with van der Waals surface area (Å²) in [6, 6.07) is 6.19. The molecule has 0 spiro atoms. The topological polar surface area (TPSA) is 101 Å². The molecule has 0 saturated heterocycles. The average Bonchev–Trinajstić information content (AvgIpc) is 3.51. The third-order valence-electron chi connectivity index (χ3n) is 5.08. The fourth-order valence-corrected chi connectivity index (χ4v) is 4.40. The quantitative estimate of drug-likeness (QED) is 0.599. The smallest absolute Gasteiger partial charge is 0.287 e. The number of carbonyl (C=O) groups excluding carboxylic acids is 3. The Morgan fingerprint density at radius 1 is 1.27 bits per heavy atom. The lowest BCUT2D eigenvalue weighted by Crippen LogP contribution is -2.49. The minimum atomic E-state index is -0.770. The van der Waals surface area contributed by atoms with Crippen LogP contribution in [-0.2, 0) is 14.3 Å². The van der Waals surface area contributed by atoms with Gasteiger partial charge >= 0.3 is 0 Å². The lowest BCUT2D eigenvalue weighted by Gasteiger charge is -2.31. The predicted octanol–water partition coefficient (Wildman–Crippen LogP) is 2.35. The summed E-state index contributed by atoms with van der Waals surface area (Å²) in [7, 11) is 1.54. The minimum Gasteiger partial charge on any atom is -0.459 e. The molecule has 1 fully saturated rings. The van der Waals surface area contributed by atoms with Crippen molar-refractivity contribution in [3.8, 4) is 0 Å². The molecule has 1 aliphatic carbocycles. The maximum absolute atomic E-state index is 13.2. The van der Waals surface area contributed by atoms with Crippen LogP contribution in [0.25, 0.3) is 0 Å². The van der Waals surface area contributed by atoms with Gasteiger partial charge < -0.3 is 24.7 Å². The van der Waals surface area contributed by atoms with E-state index >= 15 is 0 Å². The molecule has 162 valence electrons. The van der Waals surface area contributed by atoms with Gasteiger partial charge in [0.05, 0.1) is 19.4 Å². The normalized spacial score (nSPS) is 15.0. The molecular formula is C21H27N3O5S. The maximum Gasteiger partial charge on any atom is 0.287 e. The van der Waals surface area contributed by atoms with Gasteiger partial charge in [-0.15, -0.1) is 11.3 Å². The summed E-state index contributed by atoms with van der Waals surface area (Å²) in [6.45, 7) is 0.255. The summed E-state index contributed by atoms with van der Waals surface area (Å²) in [5.41, 5.74) is 0.